The summed E-state index contributed by atoms with van der Waals surface area (Å²) in [6, 6.07) is 0. The third kappa shape index (κ3) is 4.16. The molecule has 20 heavy (non-hydrogen) atoms. The first-order valence-electron chi connectivity index (χ1n) is 7.05. The number of hydrogen-bond donors (Lipinski definition) is 1. The number of rotatable bonds is 7. The summed E-state index contributed by atoms with van der Waals surface area (Å²) < 4.78 is 4.96. The summed E-state index contributed by atoms with van der Waals surface area (Å²) in [4.78, 5) is 22.6. The number of anilines is 1. The Labute approximate surface area is 120 Å². The molecule has 0 radical (unpaired) electrons. The summed E-state index contributed by atoms with van der Waals surface area (Å²) in [5, 5.41) is 0. The molecule has 6 nitrogen and oxygen atoms in total. The summed E-state index contributed by atoms with van der Waals surface area (Å²) >= 11 is 0. The predicted octanol–water partition coefficient (Wildman–Crippen LogP) is 1.43. The van der Waals surface area contributed by atoms with Crippen molar-refractivity contribution in [1.82, 2.24) is 14.9 Å². The number of aromatic nitrogens is 2. The van der Waals surface area contributed by atoms with Crippen molar-refractivity contribution in [2.75, 3.05) is 32.0 Å². The Morgan fingerprint density at radius 1 is 1.25 bits per heavy atom. The third-order valence-electron chi connectivity index (χ3n) is 3.19. The number of esters is 1. The number of nitrogen functional groups attached to an aromatic ring is 1. The van der Waals surface area contributed by atoms with E-state index in [9.17, 15) is 4.79 Å². The number of nitrogens with two attached hydrogens (primary N) is 1. The maximum Gasteiger partial charge on any atom is 0.343 e. The van der Waals surface area contributed by atoms with Gasteiger partial charge in [0.15, 0.2) is 0 Å². The van der Waals surface area contributed by atoms with Gasteiger partial charge < -0.3 is 15.4 Å². The van der Waals surface area contributed by atoms with E-state index in [1.165, 1.54) is 0 Å². The van der Waals surface area contributed by atoms with Crippen LogP contribution >= 0.6 is 0 Å². The molecule has 0 aliphatic rings. The summed E-state index contributed by atoms with van der Waals surface area (Å²) in [6.07, 6.45) is 0.718. The lowest BCUT2D eigenvalue weighted by atomic mass is 10.2. The van der Waals surface area contributed by atoms with Crippen molar-refractivity contribution >= 4 is 11.8 Å². The summed E-state index contributed by atoms with van der Waals surface area (Å²) in [6.45, 7) is 10.9. The minimum Gasteiger partial charge on any atom is -0.462 e. The zero-order valence-electron chi connectivity index (χ0n) is 12.8. The fourth-order valence-electron chi connectivity index (χ4n) is 2.02. The van der Waals surface area contributed by atoms with Gasteiger partial charge in [-0.1, -0.05) is 13.8 Å². The van der Waals surface area contributed by atoms with Crippen LogP contribution in [0.1, 0.15) is 42.6 Å². The van der Waals surface area contributed by atoms with Crippen molar-refractivity contribution in [1.29, 1.82) is 0 Å². The van der Waals surface area contributed by atoms with Crippen LogP contribution in [-0.2, 0) is 11.2 Å². The highest BCUT2D eigenvalue weighted by Crippen LogP contribution is 2.15. The molecule has 1 heterocycles. The molecule has 6 heteroatoms. The molecular formula is C14H24N4O2. The van der Waals surface area contributed by atoms with Crippen LogP contribution in [0.3, 0.4) is 0 Å². The number of ether oxygens (including phenoxy) is 1. The van der Waals surface area contributed by atoms with E-state index in [4.69, 9.17) is 10.5 Å². The summed E-state index contributed by atoms with van der Waals surface area (Å²) in [7, 11) is 0. The molecule has 112 valence electrons. The van der Waals surface area contributed by atoms with Crippen molar-refractivity contribution < 1.29 is 9.53 Å². The molecule has 0 saturated carbocycles. The quantitative estimate of drug-likeness (QED) is 0.761. The van der Waals surface area contributed by atoms with E-state index in [1.54, 1.807) is 13.8 Å². The Morgan fingerprint density at radius 2 is 1.90 bits per heavy atom. The Kier molecular flexibility index (Phi) is 6.38. The molecule has 0 atom stereocenters. The molecule has 0 fully saturated rings. The van der Waals surface area contributed by atoms with Crippen LogP contribution in [0, 0.1) is 6.92 Å². The number of aryl methyl sites for hydroxylation is 1. The highest BCUT2D eigenvalue weighted by molar-refractivity contribution is 5.95. The van der Waals surface area contributed by atoms with Gasteiger partial charge in [0, 0.05) is 13.0 Å². The van der Waals surface area contributed by atoms with E-state index in [2.05, 4.69) is 28.7 Å². The van der Waals surface area contributed by atoms with Gasteiger partial charge in [-0.2, -0.15) is 0 Å². The van der Waals surface area contributed by atoms with Gasteiger partial charge in [0.05, 0.1) is 12.3 Å². The van der Waals surface area contributed by atoms with Crippen molar-refractivity contribution in [3.05, 3.63) is 17.1 Å². The molecule has 0 spiro atoms. The van der Waals surface area contributed by atoms with Crippen LogP contribution in [0.2, 0.25) is 0 Å². The molecular weight excluding hydrogens is 256 g/mol. The molecule has 1 aromatic rings. The van der Waals surface area contributed by atoms with Crippen LogP contribution in [-0.4, -0.2) is 47.1 Å². The van der Waals surface area contributed by atoms with Gasteiger partial charge in [-0.15, -0.1) is 0 Å². The topological polar surface area (TPSA) is 81.3 Å². The second-order valence-corrected chi connectivity index (χ2v) is 4.48. The Hall–Kier alpha value is -1.69. The smallest absolute Gasteiger partial charge is 0.343 e. The number of carbonyl (C=O) groups excluding carboxylic acids is 1. The monoisotopic (exact) mass is 280 g/mol. The minimum absolute atomic E-state index is 0.200. The van der Waals surface area contributed by atoms with Crippen LogP contribution in [0.25, 0.3) is 0 Å². The minimum atomic E-state index is -0.460. The number of nitrogens with zero attached hydrogens (tertiary/aromatic N) is 3. The number of carbonyl (C=O) groups is 1. The fourth-order valence-corrected chi connectivity index (χ4v) is 2.02. The predicted molar refractivity (Wildman–Crippen MR) is 78.6 cm³/mol. The van der Waals surface area contributed by atoms with Crippen LogP contribution in [0.5, 0.6) is 0 Å². The van der Waals surface area contributed by atoms with Crippen LogP contribution in [0.4, 0.5) is 5.82 Å². The second kappa shape index (κ2) is 7.79. The first-order valence-corrected chi connectivity index (χ1v) is 7.05. The van der Waals surface area contributed by atoms with Gasteiger partial charge in [0.25, 0.3) is 0 Å². The molecule has 0 saturated heterocycles. The van der Waals surface area contributed by atoms with Gasteiger partial charge in [-0.3, -0.25) is 0 Å². The molecule has 2 N–H and O–H groups in total. The van der Waals surface area contributed by atoms with E-state index in [1.807, 2.05) is 0 Å². The Morgan fingerprint density at radius 3 is 2.40 bits per heavy atom. The van der Waals surface area contributed by atoms with Crippen molar-refractivity contribution in [2.45, 2.75) is 34.1 Å². The fraction of sp³-hybridized carbons (Fsp3) is 0.643. The van der Waals surface area contributed by atoms with Crippen molar-refractivity contribution in [3.8, 4) is 0 Å². The molecule has 0 aliphatic carbocycles. The molecule has 0 aromatic carbocycles. The molecule has 0 amide bonds. The maximum atomic E-state index is 11.8. The van der Waals surface area contributed by atoms with Gasteiger partial charge in [-0.25, -0.2) is 14.8 Å². The molecule has 0 bridgehead atoms. The maximum absolute atomic E-state index is 11.8. The zero-order valence-corrected chi connectivity index (χ0v) is 12.8. The first kappa shape index (κ1) is 16.4. The summed E-state index contributed by atoms with van der Waals surface area (Å²) in [5.74, 6) is 0.406. The van der Waals surface area contributed by atoms with Crippen LogP contribution < -0.4 is 5.73 Å². The summed E-state index contributed by atoms with van der Waals surface area (Å²) in [5.41, 5.74) is 6.71. The van der Waals surface area contributed by atoms with Crippen molar-refractivity contribution in [3.63, 3.8) is 0 Å². The largest absolute Gasteiger partial charge is 0.462 e. The first-order chi connectivity index (χ1) is 9.53. The number of hydrogen-bond acceptors (Lipinski definition) is 6. The lowest BCUT2D eigenvalue weighted by Gasteiger charge is -2.17. The molecule has 0 aliphatic heterocycles. The average molecular weight is 280 g/mol. The Balaban J connectivity index is 2.85. The highest BCUT2D eigenvalue weighted by atomic mass is 16.5. The standard InChI is InChI=1S/C14H24N4O2/c1-5-18(6-2)9-8-11-16-10(4)12(13(15)17-11)14(19)20-7-3/h5-9H2,1-4H3,(H2,15,16,17). The third-order valence-corrected chi connectivity index (χ3v) is 3.19. The van der Waals surface area contributed by atoms with Gasteiger partial charge in [0.2, 0.25) is 0 Å². The second-order valence-electron chi connectivity index (χ2n) is 4.48. The van der Waals surface area contributed by atoms with Crippen molar-refractivity contribution in [2.24, 2.45) is 0 Å². The van der Waals surface area contributed by atoms with E-state index in [0.717, 1.165) is 26.1 Å². The SMILES string of the molecule is CCOC(=O)c1c(C)nc(CCN(CC)CC)nc1N. The lowest BCUT2D eigenvalue weighted by molar-refractivity contribution is 0.0525. The molecule has 1 aromatic heterocycles. The van der Waals surface area contributed by atoms with E-state index in [0.29, 0.717) is 18.1 Å². The van der Waals surface area contributed by atoms with E-state index < -0.39 is 5.97 Å². The van der Waals surface area contributed by atoms with E-state index in [-0.39, 0.29) is 11.4 Å². The van der Waals surface area contributed by atoms with Gasteiger partial charge >= 0.3 is 5.97 Å². The van der Waals surface area contributed by atoms with Gasteiger partial charge in [-0.05, 0) is 26.9 Å². The molecule has 1 rings (SSSR count). The van der Waals surface area contributed by atoms with Gasteiger partial charge in [0.1, 0.15) is 17.2 Å². The zero-order chi connectivity index (χ0) is 15.1. The highest BCUT2D eigenvalue weighted by Gasteiger charge is 2.18. The lowest BCUT2D eigenvalue weighted by Crippen LogP contribution is -2.26. The Bertz CT molecular complexity index is 435. The number of likely N-dealkylation sites (N-methyl/N-ethyl adjacent to an activating group) is 1. The van der Waals surface area contributed by atoms with Crippen LogP contribution in [0.15, 0.2) is 0 Å². The normalized spacial score (nSPS) is 10.8. The molecule has 0 unspecified atom stereocenters. The van der Waals surface area contributed by atoms with E-state index >= 15 is 0 Å². The average Bonchev–Trinajstić information content (AvgIpc) is 2.39.